The minimum Gasteiger partial charge on any atom is -0.465 e. The van der Waals surface area contributed by atoms with Crippen molar-refractivity contribution < 1.29 is 23.1 Å². The number of hydrogen-bond donors (Lipinski definition) is 0. The van der Waals surface area contributed by atoms with Crippen molar-refractivity contribution in [1.29, 1.82) is 0 Å². The first-order valence-electron chi connectivity index (χ1n) is 9.64. The van der Waals surface area contributed by atoms with Crippen LogP contribution in [0.4, 0.5) is 8.78 Å². The van der Waals surface area contributed by atoms with Crippen LogP contribution < -0.4 is 4.80 Å². The van der Waals surface area contributed by atoms with E-state index in [1.165, 1.54) is 4.57 Å². The zero-order valence-corrected chi connectivity index (χ0v) is 17.4. The molecule has 5 nitrogen and oxygen atoms in total. The maximum absolute atomic E-state index is 14.5. The Morgan fingerprint density at radius 1 is 1.10 bits per heavy atom. The summed E-state index contributed by atoms with van der Waals surface area (Å²) in [6, 6.07) is 15.2. The van der Waals surface area contributed by atoms with Crippen LogP contribution >= 0.6 is 11.3 Å². The van der Waals surface area contributed by atoms with Crippen molar-refractivity contribution in [3.8, 4) is 0 Å². The summed E-state index contributed by atoms with van der Waals surface area (Å²) in [5.74, 6) is -2.64. The Bertz CT molecular complexity index is 1370. The van der Waals surface area contributed by atoms with Crippen LogP contribution in [0.25, 0.3) is 21.0 Å². The second-order valence-electron chi connectivity index (χ2n) is 6.83. The number of amides is 1. The lowest BCUT2D eigenvalue weighted by Crippen LogP contribution is -2.23. The molecule has 8 heteroatoms. The van der Waals surface area contributed by atoms with E-state index in [0.29, 0.717) is 0 Å². The molecule has 1 amide bonds. The van der Waals surface area contributed by atoms with Crippen LogP contribution in [-0.4, -0.2) is 23.1 Å². The monoisotopic (exact) mass is 440 g/mol. The van der Waals surface area contributed by atoms with Crippen molar-refractivity contribution in [2.45, 2.75) is 19.9 Å². The van der Waals surface area contributed by atoms with Crippen LogP contribution in [0.15, 0.2) is 59.6 Å². The van der Waals surface area contributed by atoms with Crippen molar-refractivity contribution >= 4 is 44.2 Å². The van der Waals surface area contributed by atoms with Crippen LogP contribution in [0, 0.1) is 11.6 Å². The molecule has 0 fully saturated rings. The molecule has 0 saturated carbocycles. The van der Waals surface area contributed by atoms with E-state index in [1.807, 2.05) is 42.5 Å². The molecule has 0 N–H and O–H groups in total. The fourth-order valence-electron chi connectivity index (χ4n) is 3.45. The topological polar surface area (TPSA) is 60.7 Å². The number of hydrogen-bond acceptors (Lipinski definition) is 4. The third-order valence-electron chi connectivity index (χ3n) is 4.73. The van der Waals surface area contributed by atoms with Gasteiger partial charge in [0.25, 0.3) is 5.91 Å². The number of aromatic nitrogens is 1. The zero-order chi connectivity index (χ0) is 22.0. The van der Waals surface area contributed by atoms with Gasteiger partial charge in [0.15, 0.2) is 10.6 Å². The molecule has 0 radical (unpaired) electrons. The lowest BCUT2D eigenvalue weighted by molar-refractivity contribution is -0.143. The van der Waals surface area contributed by atoms with Crippen LogP contribution in [0.2, 0.25) is 0 Å². The summed E-state index contributed by atoms with van der Waals surface area (Å²) in [4.78, 5) is 29.0. The molecule has 0 saturated heterocycles. The van der Waals surface area contributed by atoms with Crippen LogP contribution in [-0.2, 0) is 27.3 Å². The predicted octanol–water partition coefficient (Wildman–Crippen LogP) is 4.37. The molecule has 158 valence electrons. The smallest absolute Gasteiger partial charge is 0.326 e. The molecule has 0 aliphatic heterocycles. The SMILES string of the molecule is CCOC(=O)Cn1c(=NC(=O)Cc2cccc3ccccc23)sc2cc(F)cc(F)c21. The highest BCUT2D eigenvalue weighted by atomic mass is 32.1. The van der Waals surface area contributed by atoms with Gasteiger partial charge in [-0.15, -0.1) is 0 Å². The Morgan fingerprint density at radius 3 is 2.68 bits per heavy atom. The molecular weight excluding hydrogens is 422 g/mol. The number of benzene rings is 3. The Morgan fingerprint density at radius 2 is 1.87 bits per heavy atom. The highest BCUT2D eigenvalue weighted by molar-refractivity contribution is 7.16. The third kappa shape index (κ3) is 4.39. The zero-order valence-electron chi connectivity index (χ0n) is 16.6. The van der Waals surface area contributed by atoms with Crippen molar-refractivity contribution in [3.63, 3.8) is 0 Å². The van der Waals surface area contributed by atoms with Crippen LogP contribution in [0.1, 0.15) is 12.5 Å². The standard InChI is InChI=1S/C23H18F2N2O3S/c1-2-30-21(29)13-27-22-18(25)11-16(24)12-19(22)31-23(27)26-20(28)10-15-8-5-7-14-6-3-4-9-17(14)15/h3-9,11-12H,2,10,13H2,1H3. The fourth-order valence-corrected chi connectivity index (χ4v) is 4.54. The Balaban J connectivity index is 1.77. The third-order valence-corrected chi connectivity index (χ3v) is 5.76. The molecule has 31 heavy (non-hydrogen) atoms. The summed E-state index contributed by atoms with van der Waals surface area (Å²) < 4.78 is 34.6. The van der Waals surface area contributed by atoms with E-state index < -0.39 is 23.5 Å². The molecule has 0 spiro atoms. The van der Waals surface area contributed by atoms with E-state index in [2.05, 4.69) is 4.99 Å². The van der Waals surface area contributed by atoms with Gasteiger partial charge in [0.05, 0.1) is 23.2 Å². The number of carbonyl (C=O) groups excluding carboxylic acids is 2. The van der Waals surface area contributed by atoms with Gasteiger partial charge in [0.1, 0.15) is 12.4 Å². The van der Waals surface area contributed by atoms with E-state index in [0.717, 1.165) is 39.8 Å². The van der Waals surface area contributed by atoms with Crippen molar-refractivity contribution in [2.75, 3.05) is 6.61 Å². The first kappa shape index (κ1) is 20.9. The van der Waals surface area contributed by atoms with Gasteiger partial charge in [-0.3, -0.25) is 9.59 Å². The second-order valence-corrected chi connectivity index (χ2v) is 7.84. The lowest BCUT2D eigenvalue weighted by atomic mass is 10.0. The maximum atomic E-state index is 14.5. The minimum atomic E-state index is -0.835. The minimum absolute atomic E-state index is 0.0103. The normalized spacial score (nSPS) is 11.9. The number of thiazole rings is 1. The molecule has 4 aromatic rings. The second kappa shape index (κ2) is 8.77. The maximum Gasteiger partial charge on any atom is 0.326 e. The number of nitrogens with zero attached hydrogens (tertiary/aromatic N) is 2. The molecule has 0 bridgehead atoms. The van der Waals surface area contributed by atoms with E-state index in [1.54, 1.807) is 6.92 Å². The number of ether oxygens (including phenoxy) is 1. The number of esters is 1. The number of fused-ring (bicyclic) bond motifs is 2. The molecule has 1 heterocycles. The van der Waals surface area contributed by atoms with Gasteiger partial charge >= 0.3 is 5.97 Å². The average Bonchev–Trinajstić information content (AvgIpc) is 3.05. The highest BCUT2D eigenvalue weighted by Gasteiger charge is 2.17. The summed E-state index contributed by atoms with van der Waals surface area (Å²) >= 11 is 0.943. The van der Waals surface area contributed by atoms with E-state index >= 15 is 0 Å². The molecule has 4 rings (SSSR count). The lowest BCUT2D eigenvalue weighted by Gasteiger charge is -2.06. The van der Waals surface area contributed by atoms with E-state index in [-0.39, 0.29) is 34.6 Å². The summed E-state index contributed by atoms with van der Waals surface area (Å²) in [6.45, 7) is 1.48. The van der Waals surface area contributed by atoms with Gasteiger partial charge in [0.2, 0.25) is 0 Å². The molecule has 1 aromatic heterocycles. The van der Waals surface area contributed by atoms with E-state index in [4.69, 9.17) is 4.74 Å². The quantitative estimate of drug-likeness (QED) is 0.433. The summed E-state index contributed by atoms with van der Waals surface area (Å²) in [6.07, 6.45) is 0.0336. The van der Waals surface area contributed by atoms with Crippen LogP contribution in [0.5, 0.6) is 0 Å². The number of carbonyl (C=O) groups is 2. The number of halogens is 2. The molecule has 0 atom stereocenters. The van der Waals surface area contributed by atoms with E-state index in [9.17, 15) is 18.4 Å². The van der Waals surface area contributed by atoms with Gasteiger partial charge in [-0.1, -0.05) is 53.8 Å². The van der Waals surface area contributed by atoms with Crippen molar-refractivity contribution in [3.05, 3.63) is 76.6 Å². The summed E-state index contributed by atoms with van der Waals surface area (Å²) in [5, 5.41) is 1.95. The molecule has 0 aliphatic carbocycles. The molecule has 0 unspecified atom stereocenters. The number of rotatable bonds is 5. The van der Waals surface area contributed by atoms with Gasteiger partial charge in [-0.05, 0) is 29.3 Å². The van der Waals surface area contributed by atoms with Gasteiger partial charge in [-0.25, -0.2) is 8.78 Å². The van der Waals surface area contributed by atoms with Gasteiger partial charge in [-0.2, -0.15) is 4.99 Å². The Labute approximate surface area is 180 Å². The molecule has 3 aromatic carbocycles. The fraction of sp³-hybridized carbons (Fsp3) is 0.174. The summed E-state index contributed by atoms with van der Waals surface area (Å²) in [7, 11) is 0. The van der Waals surface area contributed by atoms with Crippen LogP contribution in [0.3, 0.4) is 0 Å². The molecule has 0 aliphatic rings. The first-order valence-corrected chi connectivity index (χ1v) is 10.5. The highest BCUT2D eigenvalue weighted by Crippen LogP contribution is 2.23. The van der Waals surface area contributed by atoms with Crippen molar-refractivity contribution in [2.24, 2.45) is 4.99 Å². The Hall–Kier alpha value is -3.39. The largest absolute Gasteiger partial charge is 0.465 e. The summed E-state index contributed by atoms with van der Waals surface area (Å²) in [5.41, 5.74) is 0.818. The van der Waals surface area contributed by atoms with Crippen molar-refractivity contribution in [1.82, 2.24) is 4.57 Å². The van der Waals surface area contributed by atoms with Gasteiger partial charge < -0.3 is 9.30 Å². The predicted molar refractivity (Wildman–Crippen MR) is 115 cm³/mol. The average molecular weight is 440 g/mol. The van der Waals surface area contributed by atoms with Gasteiger partial charge in [0, 0.05) is 6.07 Å². The first-order chi connectivity index (χ1) is 15.0. The molecular formula is C23H18F2N2O3S. The Kier molecular flexibility index (Phi) is 5.90.